The smallest absolute Gasteiger partial charge is 0.249 e. The van der Waals surface area contributed by atoms with Gasteiger partial charge in [-0.15, -0.1) is 0 Å². The summed E-state index contributed by atoms with van der Waals surface area (Å²) in [5, 5.41) is 64.6. The monoisotopic (exact) mass is 758 g/mol. The van der Waals surface area contributed by atoms with Gasteiger partial charge in [0.15, 0.2) is 6.29 Å². The van der Waals surface area contributed by atoms with Crippen LogP contribution in [0.5, 0.6) is 0 Å². The molecule has 0 aromatic rings. The van der Waals surface area contributed by atoms with E-state index in [0.29, 0.717) is 19.3 Å². The molecule has 1 saturated heterocycles. The second kappa shape index (κ2) is 34.2. The maximum absolute atomic E-state index is 13.0. The fraction of sp³-hybridized carbons (Fsp3) is 0.930. The summed E-state index contributed by atoms with van der Waals surface area (Å²) in [7, 11) is 0. The maximum Gasteiger partial charge on any atom is 0.249 e. The number of unbranched alkanes of at least 4 members (excludes halogenated alkanes) is 23. The normalized spacial score (nSPS) is 22.3. The summed E-state index contributed by atoms with van der Waals surface area (Å²) >= 11 is 0. The Balaban J connectivity index is 2.41. The number of carbonyl (C=O) groups is 1. The number of rotatable bonds is 36. The van der Waals surface area contributed by atoms with Crippen molar-refractivity contribution in [2.24, 2.45) is 0 Å². The molecule has 10 heteroatoms. The number of amides is 1. The minimum Gasteiger partial charge on any atom is -0.394 e. The zero-order chi connectivity index (χ0) is 38.9. The number of aliphatic hydroxyl groups excluding tert-OH is 6. The molecule has 1 fully saturated rings. The average molecular weight is 758 g/mol. The third kappa shape index (κ3) is 24.9. The molecule has 53 heavy (non-hydrogen) atoms. The first-order valence-corrected chi connectivity index (χ1v) is 22.0. The highest BCUT2D eigenvalue weighted by atomic mass is 16.7. The zero-order valence-corrected chi connectivity index (χ0v) is 33.9. The standard InChI is InChI=1S/C43H83NO9/c1-3-5-7-9-11-13-15-16-17-18-19-20-22-23-25-27-29-31-36(46)35(34-52-43-41(50)40(49)39(48)38(33-45)53-43)44-42(51)37(47)32-30-28-26-24-21-14-12-10-8-6-4-2/h12,14,35-41,43,45-50H,3-11,13,15-34H2,1-2H3,(H,44,51)/b14-12-. The van der Waals surface area contributed by atoms with Crippen LogP contribution in [0.2, 0.25) is 0 Å². The fourth-order valence-electron chi connectivity index (χ4n) is 7.04. The molecule has 0 saturated carbocycles. The number of carbonyl (C=O) groups excluding carboxylic acids is 1. The van der Waals surface area contributed by atoms with Crippen molar-refractivity contribution in [3.05, 3.63) is 12.2 Å². The molecule has 0 bridgehead atoms. The Kier molecular flexibility index (Phi) is 32.2. The number of hydrogen-bond acceptors (Lipinski definition) is 9. The van der Waals surface area contributed by atoms with Crippen LogP contribution in [0, 0.1) is 0 Å². The predicted octanol–water partition coefficient (Wildman–Crippen LogP) is 7.53. The molecule has 1 amide bonds. The SMILES string of the molecule is CCCCC/C=C\CCCCCCC(O)C(=O)NC(COC1OC(CO)C(O)C(O)C1O)C(O)CCCCCCCCCCCCCCCCCCC. The number of hydrogen-bond donors (Lipinski definition) is 7. The van der Waals surface area contributed by atoms with Gasteiger partial charge in [-0.3, -0.25) is 4.79 Å². The van der Waals surface area contributed by atoms with E-state index in [0.717, 1.165) is 57.8 Å². The molecule has 7 N–H and O–H groups in total. The van der Waals surface area contributed by atoms with Crippen LogP contribution in [0.1, 0.15) is 194 Å². The van der Waals surface area contributed by atoms with Crippen LogP contribution in [0.25, 0.3) is 0 Å². The molecule has 8 atom stereocenters. The van der Waals surface area contributed by atoms with Crippen molar-refractivity contribution in [1.29, 1.82) is 0 Å². The molecule has 314 valence electrons. The molecule has 0 aromatic heterocycles. The van der Waals surface area contributed by atoms with Gasteiger partial charge in [-0.1, -0.05) is 167 Å². The molecule has 10 nitrogen and oxygen atoms in total. The Bertz CT molecular complexity index is 860. The quantitative estimate of drug-likeness (QED) is 0.0252. The zero-order valence-electron chi connectivity index (χ0n) is 33.9. The van der Waals surface area contributed by atoms with E-state index in [1.54, 1.807) is 0 Å². The Hall–Kier alpha value is -1.11. The van der Waals surface area contributed by atoms with Crippen LogP contribution in [-0.4, -0.2) is 98.7 Å². The van der Waals surface area contributed by atoms with Gasteiger partial charge in [0.05, 0.1) is 25.4 Å². The summed E-state index contributed by atoms with van der Waals surface area (Å²) in [5.41, 5.74) is 0. The maximum atomic E-state index is 13.0. The van der Waals surface area contributed by atoms with E-state index in [4.69, 9.17) is 9.47 Å². The minimum absolute atomic E-state index is 0.257. The highest BCUT2D eigenvalue weighted by Gasteiger charge is 2.44. The van der Waals surface area contributed by atoms with Crippen LogP contribution in [0.3, 0.4) is 0 Å². The molecule has 1 aliphatic heterocycles. The van der Waals surface area contributed by atoms with Gasteiger partial charge in [0.2, 0.25) is 5.91 Å². The van der Waals surface area contributed by atoms with Crippen molar-refractivity contribution >= 4 is 5.91 Å². The average Bonchev–Trinajstić information content (AvgIpc) is 3.16. The van der Waals surface area contributed by atoms with Crippen molar-refractivity contribution < 1.29 is 44.9 Å². The van der Waals surface area contributed by atoms with E-state index in [1.165, 1.54) is 103 Å². The van der Waals surface area contributed by atoms with Crippen LogP contribution in [-0.2, 0) is 14.3 Å². The van der Waals surface area contributed by atoms with Gasteiger partial charge in [0, 0.05) is 0 Å². The third-order valence-electron chi connectivity index (χ3n) is 10.7. The summed E-state index contributed by atoms with van der Waals surface area (Å²) in [5.74, 6) is -0.594. The van der Waals surface area contributed by atoms with Gasteiger partial charge >= 0.3 is 0 Å². The number of ether oxygens (including phenoxy) is 2. The molecule has 0 aromatic carbocycles. The van der Waals surface area contributed by atoms with Gasteiger partial charge < -0.3 is 45.4 Å². The molecular weight excluding hydrogens is 674 g/mol. The fourth-order valence-corrected chi connectivity index (χ4v) is 7.04. The molecule has 8 unspecified atom stereocenters. The lowest BCUT2D eigenvalue weighted by atomic mass is 9.99. The van der Waals surface area contributed by atoms with E-state index in [1.807, 2.05) is 0 Å². The van der Waals surface area contributed by atoms with Gasteiger partial charge in [0.25, 0.3) is 0 Å². The highest BCUT2D eigenvalue weighted by molar-refractivity contribution is 5.80. The second-order valence-corrected chi connectivity index (χ2v) is 15.6. The number of allylic oxidation sites excluding steroid dienone is 2. The van der Waals surface area contributed by atoms with Crippen LogP contribution >= 0.6 is 0 Å². The summed E-state index contributed by atoms with van der Waals surface area (Å²) in [6.07, 6.45) is 26.9. The van der Waals surface area contributed by atoms with Crippen LogP contribution in [0.15, 0.2) is 12.2 Å². The van der Waals surface area contributed by atoms with E-state index in [9.17, 15) is 35.4 Å². The summed E-state index contributed by atoms with van der Waals surface area (Å²) in [6.45, 7) is 3.62. The van der Waals surface area contributed by atoms with Crippen molar-refractivity contribution in [3.63, 3.8) is 0 Å². The van der Waals surface area contributed by atoms with Gasteiger partial charge in [-0.05, 0) is 38.5 Å². The van der Waals surface area contributed by atoms with Gasteiger partial charge in [0.1, 0.15) is 30.5 Å². The van der Waals surface area contributed by atoms with Crippen molar-refractivity contribution in [3.8, 4) is 0 Å². The first kappa shape index (κ1) is 49.9. The first-order valence-electron chi connectivity index (χ1n) is 22.0. The highest BCUT2D eigenvalue weighted by Crippen LogP contribution is 2.23. The second-order valence-electron chi connectivity index (χ2n) is 15.6. The first-order chi connectivity index (χ1) is 25.8. The third-order valence-corrected chi connectivity index (χ3v) is 10.7. The Morgan fingerprint density at radius 2 is 1.06 bits per heavy atom. The van der Waals surface area contributed by atoms with Crippen molar-refractivity contribution in [2.75, 3.05) is 13.2 Å². The lowest BCUT2D eigenvalue weighted by molar-refractivity contribution is -0.302. The molecular formula is C43H83NO9. The lowest BCUT2D eigenvalue weighted by Gasteiger charge is -2.40. The summed E-state index contributed by atoms with van der Waals surface area (Å²) in [6, 6.07) is -0.894. The molecule has 1 aliphatic rings. The number of nitrogens with one attached hydrogen (secondary N) is 1. The molecule has 0 spiro atoms. The summed E-state index contributed by atoms with van der Waals surface area (Å²) < 4.78 is 11.2. The van der Waals surface area contributed by atoms with Crippen LogP contribution < -0.4 is 5.32 Å². The molecule has 1 heterocycles. The van der Waals surface area contributed by atoms with Crippen LogP contribution in [0.4, 0.5) is 0 Å². The topological polar surface area (TPSA) is 169 Å². The van der Waals surface area contributed by atoms with Crippen molar-refractivity contribution in [2.45, 2.75) is 243 Å². The van der Waals surface area contributed by atoms with Crippen molar-refractivity contribution in [1.82, 2.24) is 5.32 Å². The largest absolute Gasteiger partial charge is 0.394 e. The molecule has 0 radical (unpaired) electrons. The Morgan fingerprint density at radius 1 is 0.623 bits per heavy atom. The van der Waals surface area contributed by atoms with Gasteiger partial charge in [-0.25, -0.2) is 0 Å². The van der Waals surface area contributed by atoms with Gasteiger partial charge in [-0.2, -0.15) is 0 Å². The summed E-state index contributed by atoms with van der Waals surface area (Å²) in [4.78, 5) is 13.0. The van der Waals surface area contributed by atoms with E-state index in [-0.39, 0.29) is 6.61 Å². The molecule has 1 rings (SSSR count). The minimum atomic E-state index is -1.59. The number of aliphatic hydroxyl groups is 6. The Morgan fingerprint density at radius 3 is 1.57 bits per heavy atom. The Labute approximate surface area is 323 Å². The van der Waals surface area contributed by atoms with E-state index < -0.39 is 61.5 Å². The van der Waals surface area contributed by atoms with E-state index in [2.05, 4.69) is 31.3 Å². The molecule has 0 aliphatic carbocycles. The predicted molar refractivity (Wildman–Crippen MR) is 213 cm³/mol. The van der Waals surface area contributed by atoms with E-state index >= 15 is 0 Å². The lowest BCUT2D eigenvalue weighted by Crippen LogP contribution is -2.60.